The van der Waals surface area contributed by atoms with Crippen molar-refractivity contribution in [3.8, 4) is 0 Å². The minimum absolute atomic E-state index is 0.418. The van der Waals surface area contributed by atoms with E-state index in [1.807, 2.05) is 12.3 Å². The SMILES string of the molecule is CSc1c(NCc2cccc(C)c2)sc(C(N)=O)c1N. The van der Waals surface area contributed by atoms with Gasteiger partial charge in [-0.05, 0) is 18.7 Å². The van der Waals surface area contributed by atoms with Gasteiger partial charge in [0, 0.05) is 6.54 Å². The van der Waals surface area contributed by atoms with Crippen molar-refractivity contribution in [3.05, 3.63) is 40.3 Å². The number of thiophene rings is 1. The molecule has 2 rings (SSSR count). The fraction of sp³-hybridized carbons (Fsp3) is 0.214. The van der Waals surface area contributed by atoms with Crippen molar-refractivity contribution in [2.45, 2.75) is 18.4 Å². The molecule has 0 fully saturated rings. The molecule has 0 spiro atoms. The van der Waals surface area contributed by atoms with E-state index < -0.39 is 5.91 Å². The Morgan fingerprint density at radius 2 is 2.20 bits per heavy atom. The fourth-order valence-electron chi connectivity index (χ4n) is 1.94. The molecular weight excluding hydrogens is 290 g/mol. The molecule has 0 unspecified atom stereocenters. The predicted molar refractivity (Wildman–Crippen MR) is 87.5 cm³/mol. The standard InChI is InChI=1S/C14H17N3OS2/c1-8-4-3-5-9(6-8)7-17-14-12(19-2)10(15)11(20-14)13(16)18/h3-6,17H,7,15H2,1-2H3,(H2,16,18). The third-order valence-electron chi connectivity index (χ3n) is 2.86. The first kappa shape index (κ1) is 14.7. The van der Waals surface area contributed by atoms with Crippen molar-refractivity contribution in [2.24, 2.45) is 5.73 Å². The molecular formula is C14H17N3OS2. The Morgan fingerprint density at radius 3 is 2.80 bits per heavy atom. The maximum atomic E-state index is 11.3. The number of nitrogen functional groups attached to an aromatic ring is 1. The van der Waals surface area contributed by atoms with Gasteiger partial charge in [0.1, 0.15) is 9.88 Å². The van der Waals surface area contributed by atoms with Crippen molar-refractivity contribution in [1.29, 1.82) is 0 Å². The topological polar surface area (TPSA) is 81.1 Å². The molecule has 0 saturated carbocycles. The lowest BCUT2D eigenvalue weighted by atomic mass is 10.1. The van der Waals surface area contributed by atoms with E-state index in [1.54, 1.807) is 0 Å². The van der Waals surface area contributed by atoms with Gasteiger partial charge in [0.2, 0.25) is 0 Å². The fourth-order valence-corrected chi connectivity index (χ4v) is 3.82. The Morgan fingerprint density at radius 1 is 1.45 bits per heavy atom. The first-order chi connectivity index (χ1) is 9.52. The zero-order valence-corrected chi connectivity index (χ0v) is 13.0. The van der Waals surface area contributed by atoms with Crippen LogP contribution in [-0.2, 0) is 6.54 Å². The number of hydrogen-bond donors (Lipinski definition) is 3. The smallest absolute Gasteiger partial charge is 0.261 e. The quantitative estimate of drug-likeness (QED) is 0.742. The highest BCUT2D eigenvalue weighted by molar-refractivity contribution is 7.99. The predicted octanol–water partition coefficient (Wildman–Crippen LogP) is 3.07. The van der Waals surface area contributed by atoms with Crippen LogP contribution < -0.4 is 16.8 Å². The number of benzene rings is 1. The van der Waals surface area contributed by atoms with E-state index >= 15 is 0 Å². The molecule has 0 bridgehead atoms. The van der Waals surface area contributed by atoms with E-state index in [-0.39, 0.29) is 0 Å². The summed E-state index contributed by atoms with van der Waals surface area (Å²) in [6.07, 6.45) is 1.93. The summed E-state index contributed by atoms with van der Waals surface area (Å²) in [6.45, 7) is 2.75. The van der Waals surface area contributed by atoms with Crippen LogP contribution >= 0.6 is 23.1 Å². The van der Waals surface area contributed by atoms with Gasteiger partial charge in [-0.2, -0.15) is 0 Å². The molecule has 0 aliphatic rings. The second kappa shape index (κ2) is 6.19. The number of primary amides is 1. The van der Waals surface area contributed by atoms with Crippen molar-refractivity contribution < 1.29 is 4.79 Å². The molecule has 2 aromatic rings. The highest BCUT2D eigenvalue weighted by atomic mass is 32.2. The molecule has 1 aromatic heterocycles. The highest BCUT2D eigenvalue weighted by Gasteiger charge is 2.18. The molecule has 4 nitrogen and oxygen atoms in total. The molecule has 0 atom stereocenters. The van der Waals surface area contributed by atoms with Crippen LogP contribution in [0, 0.1) is 6.92 Å². The van der Waals surface area contributed by atoms with Gasteiger partial charge in [-0.15, -0.1) is 23.1 Å². The first-order valence-electron chi connectivity index (χ1n) is 6.08. The molecule has 1 amide bonds. The Hall–Kier alpha value is -1.66. The van der Waals surface area contributed by atoms with Gasteiger partial charge in [0.15, 0.2) is 0 Å². The van der Waals surface area contributed by atoms with Gasteiger partial charge in [-0.25, -0.2) is 0 Å². The summed E-state index contributed by atoms with van der Waals surface area (Å²) in [7, 11) is 0. The maximum absolute atomic E-state index is 11.3. The lowest BCUT2D eigenvalue weighted by Gasteiger charge is -2.07. The number of rotatable bonds is 5. The Labute approximate surface area is 126 Å². The van der Waals surface area contributed by atoms with Crippen molar-refractivity contribution in [1.82, 2.24) is 0 Å². The molecule has 0 aliphatic carbocycles. The number of anilines is 2. The Kier molecular flexibility index (Phi) is 4.57. The number of amides is 1. The second-order valence-corrected chi connectivity index (χ2v) is 6.25. The van der Waals surface area contributed by atoms with Crippen molar-refractivity contribution >= 4 is 39.7 Å². The van der Waals surface area contributed by atoms with Gasteiger partial charge in [0.05, 0.1) is 10.6 Å². The van der Waals surface area contributed by atoms with Crippen LogP contribution in [0.3, 0.4) is 0 Å². The maximum Gasteiger partial charge on any atom is 0.261 e. The normalized spacial score (nSPS) is 10.5. The van der Waals surface area contributed by atoms with Gasteiger partial charge in [0.25, 0.3) is 5.91 Å². The van der Waals surface area contributed by atoms with Gasteiger partial charge in [-0.1, -0.05) is 29.8 Å². The summed E-state index contributed by atoms with van der Waals surface area (Å²) in [6, 6.07) is 8.27. The van der Waals surface area contributed by atoms with E-state index in [4.69, 9.17) is 11.5 Å². The van der Waals surface area contributed by atoms with E-state index in [0.29, 0.717) is 17.1 Å². The summed E-state index contributed by atoms with van der Waals surface area (Å²) < 4.78 is 0. The summed E-state index contributed by atoms with van der Waals surface area (Å²) in [5, 5.41) is 4.23. The molecule has 20 heavy (non-hydrogen) atoms. The van der Waals surface area contributed by atoms with Crippen molar-refractivity contribution in [3.63, 3.8) is 0 Å². The lowest BCUT2D eigenvalue weighted by molar-refractivity contribution is 0.100. The van der Waals surface area contributed by atoms with Crippen LogP contribution in [0.15, 0.2) is 29.2 Å². The Bertz CT molecular complexity index is 637. The van der Waals surface area contributed by atoms with Crippen LogP contribution in [0.5, 0.6) is 0 Å². The largest absolute Gasteiger partial charge is 0.396 e. The van der Waals surface area contributed by atoms with Gasteiger partial charge < -0.3 is 16.8 Å². The molecule has 0 saturated heterocycles. The second-order valence-electron chi connectivity index (χ2n) is 4.41. The van der Waals surface area contributed by atoms with Crippen LogP contribution in [0.2, 0.25) is 0 Å². The third kappa shape index (κ3) is 3.08. The molecule has 6 heteroatoms. The number of carbonyl (C=O) groups is 1. The van der Waals surface area contributed by atoms with E-state index in [0.717, 1.165) is 9.90 Å². The number of thioether (sulfide) groups is 1. The Balaban J connectivity index is 2.21. The molecule has 106 valence electrons. The molecule has 1 heterocycles. The van der Waals surface area contributed by atoms with Crippen LogP contribution in [-0.4, -0.2) is 12.2 Å². The molecule has 0 radical (unpaired) electrons. The summed E-state index contributed by atoms with van der Waals surface area (Å²) >= 11 is 2.82. The number of nitrogens with two attached hydrogens (primary N) is 2. The lowest BCUT2D eigenvalue weighted by Crippen LogP contribution is -2.10. The summed E-state index contributed by atoms with van der Waals surface area (Å²) in [5.74, 6) is -0.480. The zero-order valence-electron chi connectivity index (χ0n) is 11.4. The van der Waals surface area contributed by atoms with Crippen LogP contribution in [0.4, 0.5) is 10.7 Å². The first-order valence-corrected chi connectivity index (χ1v) is 8.12. The molecule has 1 aromatic carbocycles. The minimum Gasteiger partial charge on any atom is -0.396 e. The number of carbonyl (C=O) groups excluding carboxylic acids is 1. The van der Waals surface area contributed by atoms with Crippen molar-refractivity contribution in [2.75, 3.05) is 17.3 Å². The monoisotopic (exact) mass is 307 g/mol. The van der Waals surface area contributed by atoms with Gasteiger partial charge >= 0.3 is 0 Å². The zero-order chi connectivity index (χ0) is 14.7. The number of aryl methyl sites for hydroxylation is 1. The van der Waals surface area contributed by atoms with E-state index in [9.17, 15) is 4.79 Å². The highest BCUT2D eigenvalue weighted by Crippen LogP contribution is 2.41. The minimum atomic E-state index is -0.480. The summed E-state index contributed by atoms with van der Waals surface area (Å²) in [4.78, 5) is 12.6. The van der Waals surface area contributed by atoms with E-state index in [1.165, 1.54) is 34.2 Å². The molecule has 5 N–H and O–H groups in total. The van der Waals surface area contributed by atoms with Gasteiger partial charge in [-0.3, -0.25) is 4.79 Å². The number of hydrogen-bond acceptors (Lipinski definition) is 5. The number of nitrogens with one attached hydrogen (secondary N) is 1. The average molecular weight is 307 g/mol. The van der Waals surface area contributed by atoms with E-state index in [2.05, 4.69) is 30.4 Å². The third-order valence-corrected chi connectivity index (χ3v) is 5.00. The molecule has 0 aliphatic heterocycles. The van der Waals surface area contributed by atoms with Crippen LogP contribution in [0.1, 0.15) is 20.8 Å². The summed E-state index contributed by atoms with van der Waals surface area (Å²) in [5.41, 5.74) is 14.2. The average Bonchev–Trinajstić information content (AvgIpc) is 2.73. The van der Waals surface area contributed by atoms with Crippen LogP contribution in [0.25, 0.3) is 0 Å².